The number of hydrogen-bond donors (Lipinski definition) is 0. The third kappa shape index (κ3) is 5.58. The second kappa shape index (κ2) is 7.96. The van der Waals surface area contributed by atoms with Gasteiger partial charge in [-0.25, -0.2) is 0 Å². The Morgan fingerprint density at radius 1 is 1.05 bits per heavy atom. The quantitative estimate of drug-likeness (QED) is 0.747. The topological polar surface area (TPSA) is 3.24 Å². The van der Waals surface area contributed by atoms with E-state index in [1.807, 2.05) is 0 Å². The number of rotatable bonds is 6. The van der Waals surface area contributed by atoms with Crippen LogP contribution in [0.1, 0.15) is 44.1 Å². The summed E-state index contributed by atoms with van der Waals surface area (Å²) in [6, 6.07) is 9.29. The monoisotopic (exact) mass is 277 g/mol. The van der Waals surface area contributed by atoms with Crippen molar-refractivity contribution in [3.05, 3.63) is 29.8 Å². The van der Waals surface area contributed by atoms with Gasteiger partial charge in [-0.15, -0.1) is 11.8 Å². The average molecular weight is 277 g/mol. The van der Waals surface area contributed by atoms with Gasteiger partial charge in [-0.05, 0) is 64.0 Å². The fraction of sp³-hybridized carbons (Fsp3) is 0.647. The molecule has 0 amide bonds. The summed E-state index contributed by atoms with van der Waals surface area (Å²) in [5.41, 5.74) is 1.48. The molecule has 1 aromatic carbocycles. The van der Waals surface area contributed by atoms with E-state index in [0.717, 1.165) is 5.25 Å². The number of benzene rings is 1. The van der Waals surface area contributed by atoms with Gasteiger partial charge in [0.05, 0.1) is 0 Å². The van der Waals surface area contributed by atoms with Gasteiger partial charge in [0.2, 0.25) is 0 Å². The normalized spacial score (nSPS) is 17.0. The van der Waals surface area contributed by atoms with Crippen LogP contribution in [0.25, 0.3) is 0 Å². The van der Waals surface area contributed by atoms with Crippen LogP contribution in [-0.2, 0) is 6.42 Å². The predicted molar refractivity (Wildman–Crippen MR) is 86.0 cm³/mol. The Kier molecular flexibility index (Phi) is 6.25. The van der Waals surface area contributed by atoms with Gasteiger partial charge in [0.1, 0.15) is 0 Å². The van der Waals surface area contributed by atoms with Crippen molar-refractivity contribution >= 4 is 11.8 Å². The Morgan fingerprint density at radius 3 is 2.37 bits per heavy atom. The zero-order valence-electron chi connectivity index (χ0n) is 12.4. The first kappa shape index (κ1) is 14.9. The van der Waals surface area contributed by atoms with Crippen molar-refractivity contribution < 1.29 is 0 Å². The highest BCUT2D eigenvalue weighted by molar-refractivity contribution is 8.00. The van der Waals surface area contributed by atoms with Crippen LogP contribution in [0.2, 0.25) is 0 Å². The SMILES string of the molecule is CN(C)CCCc1ccc(SC2CCCCC2)cc1. The Bertz CT molecular complexity index is 352. The molecule has 19 heavy (non-hydrogen) atoms. The Balaban J connectivity index is 1.77. The minimum Gasteiger partial charge on any atom is -0.309 e. The summed E-state index contributed by atoms with van der Waals surface area (Å²) in [6.45, 7) is 1.18. The molecule has 0 aliphatic heterocycles. The number of hydrogen-bond acceptors (Lipinski definition) is 2. The standard InChI is InChI=1S/C17H27NS/c1-18(2)14-6-7-15-10-12-17(13-11-15)19-16-8-4-3-5-9-16/h10-13,16H,3-9,14H2,1-2H3. The van der Waals surface area contributed by atoms with E-state index in [9.17, 15) is 0 Å². The second-order valence-electron chi connectivity index (χ2n) is 5.93. The van der Waals surface area contributed by atoms with Gasteiger partial charge in [0.25, 0.3) is 0 Å². The minimum atomic E-state index is 0.869. The van der Waals surface area contributed by atoms with Crippen LogP contribution in [0.3, 0.4) is 0 Å². The molecule has 0 spiro atoms. The molecule has 1 aromatic rings. The van der Waals surface area contributed by atoms with E-state index in [2.05, 4.69) is 55.0 Å². The summed E-state index contributed by atoms with van der Waals surface area (Å²) in [5.74, 6) is 0. The summed E-state index contributed by atoms with van der Waals surface area (Å²) in [5, 5.41) is 0.869. The maximum atomic E-state index is 2.32. The number of thioether (sulfide) groups is 1. The van der Waals surface area contributed by atoms with Crippen molar-refractivity contribution in [1.82, 2.24) is 4.90 Å². The molecule has 1 fully saturated rings. The van der Waals surface area contributed by atoms with Gasteiger partial charge < -0.3 is 4.90 Å². The van der Waals surface area contributed by atoms with E-state index in [1.54, 1.807) is 0 Å². The molecule has 0 aromatic heterocycles. The van der Waals surface area contributed by atoms with Gasteiger partial charge in [-0.2, -0.15) is 0 Å². The largest absolute Gasteiger partial charge is 0.309 e. The molecule has 106 valence electrons. The van der Waals surface area contributed by atoms with Crippen LogP contribution in [-0.4, -0.2) is 30.8 Å². The smallest absolute Gasteiger partial charge is 0.00944 e. The molecule has 0 radical (unpaired) electrons. The van der Waals surface area contributed by atoms with Crippen molar-refractivity contribution in [2.75, 3.05) is 20.6 Å². The van der Waals surface area contributed by atoms with E-state index in [1.165, 1.54) is 61.9 Å². The summed E-state index contributed by atoms with van der Waals surface area (Å²) in [7, 11) is 4.29. The molecule has 2 heteroatoms. The van der Waals surface area contributed by atoms with Crippen LogP contribution in [0.4, 0.5) is 0 Å². The highest BCUT2D eigenvalue weighted by Gasteiger charge is 2.14. The molecule has 2 rings (SSSR count). The molecular weight excluding hydrogens is 250 g/mol. The van der Waals surface area contributed by atoms with E-state index in [4.69, 9.17) is 0 Å². The van der Waals surface area contributed by atoms with E-state index in [-0.39, 0.29) is 0 Å². The van der Waals surface area contributed by atoms with Crippen molar-refractivity contribution in [3.8, 4) is 0 Å². The lowest BCUT2D eigenvalue weighted by atomic mass is 10.0. The fourth-order valence-corrected chi connectivity index (χ4v) is 3.96. The molecule has 0 unspecified atom stereocenters. The highest BCUT2D eigenvalue weighted by atomic mass is 32.2. The van der Waals surface area contributed by atoms with E-state index >= 15 is 0 Å². The number of nitrogens with zero attached hydrogens (tertiary/aromatic N) is 1. The highest BCUT2D eigenvalue weighted by Crippen LogP contribution is 2.33. The summed E-state index contributed by atoms with van der Waals surface area (Å²) >= 11 is 2.09. The van der Waals surface area contributed by atoms with Gasteiger partial charge in [-0.1, -0.05) is 31.4 Å². The molecular formula is C17H27NS. The molecule has 0 heterocycles. The van der Waals surface area contributed by atoms with Crippen molar-refractivity contribution in [2.45, 2.75) is 55.1 Å². The lowest BCUT2D eigenvalue weighted by molar-refractivity contribution is 0.400. The van der Waals surface area contributed by atoms with Crippen molar-refractivity contribution in [1.29, 1.82) is 0 Å². The summed E-state index contributed by atoms with van der Waals surface area (Å²) < 4.78 is 0. The zero-order chi connectivity index (χ0) is 13.5. The number of aryl methyl sites for hydroxylation is 1. The molecule has 1 saturated carbocycles. The van der Waals surface area contributed by atoms with E-state index in [0.29, 0.717) is 0 Å². The lowest BCUT2D eigenvalue weighted by Gasteiger charge is -2.21. The Hall–Kier alpha value is -0.470. The molecule has 0 atom stereocenters. The molecule has 1 nitrogen and oxygen atoms in total. The van der Waals surface area contributed by atoms with Gasteiger partial charge >= 0.3 is 0 Å². The zero-order valence-corrected chi connectivity index (χ0v) is 13.2. The summed E-state index contributed by atoms with van der Waals surface area (Å²) in [4.78, 5) is 3.72. The van der Waals surface area contributed by atoms with Crippen molar-refractivity contribution in [3.63, 3.8) is 0 Å². The first-order chi connectivity index (χ1) is 9.24. The lowest BCUT2D eigenvalue weighted by Crippen LogP contribution is -2.13. The van der Waals surface area contributed by atoms with Crippen LogP contribution in [0, 0.1) is 0 Å². The van der Waals surface area contributed by atoms with Crippen LogP contribution in [0.15, 0.2) is 29.2 Å². The minimum absolute atomic E-state index is 0.869. The molecule has 0 bridgehead atoms. The van der Waals surface area contributed by atoms with Gasteiger partial charge in [-0.3, -0.25) is 0 Å². The van der Waals surface area contributed by atoms with E-state index < -0.39 is 0 Å². The first-order valence-electron chi connectivity index (χ1n) is 7.64. The Morgan fingerprint density at radius 2 is 1.74 bits per heavy atom. The third-order valence-corrected chi connectivity index (χ3v) is 5.20. The van der Waals surface area contributed by atoms with Crippen LogP contribution >= 0.6 is 11.8 Å². The third-order valence-electron chi connectivity index (χ3n) is 3.85. The maximum Gasteiger partial charge on any atom is 0.00944 e. The van der Waals surface area contributed by atoms with Gasteiger partial charge in [0, 0.05) is 10.1 Å². The molecule has 1 aliphatic rings. The van der Waals surface area contributed by atoms with Crippen LogP contribution in [0.5, 0.6) is 0 Å². The van der Waals surface area contributed by atoms with Crippen LogP contribution < -0.4 is 0 Å². The molecule has 0 N–H and O–H groups in total. The van der Waals surface area contributed by atoms with Gasteiger partial charge in [0.15, 0.2) is 0 Å². The summed E-state index contributed by atoms with van der Waals surface area (Å²) in [6.07, 6.45) is 9.58. The predicted octanol–water partition coefficient (Wildman–Crippen LogP) is 4.61. The Labute approximate surface area is 122 Å². The first-order valence-corrected chi connectivity index (χ1v) is 8.52. The molecule has 1 aliphatic carbocycles. The average Bonchev–Trinajstić information content (AvgIpc) is 2.42. The van der Waals surface area contributed by atoms with Crippen molar-refractivity contribution in [2.24, 2.45) is 0 Å². The fourth-order valence-electron chi connectivity index (χ4n) is 2.71. The maximum absolute atomic E-state index is 2.32. The molecule has 0 saturated heterocycles. The second-order valence-corrected chi connectivity index (χ2v) is 7.30.